The molecule has 1 N–H and O–H groups in total. The molecule has 1 aliphatic rings. The van der Waals surface area contributed by atoms with Crippen LogP contribution in [0, 0.1) is 25.2 Å². The van der Waals surface area contributed by atoms with E-state index in [1.165, 1.54) is 5.56 Å². The summed E-state index contributed by atoms with van der Waals surface area (Å²) in [5, 5.41) is 9.73. The van der Waals surface area contributed by atoms with E-state index in [2.05, 4.69) is 16.7 Å². The summed E-state index contributed by atoms with van der Waals surface area (Å²) in [6.07, 6.45) is 0.508. The molecule has 144 valence electrons. The summed E-state index contributed by atoms with van der Waals surface area (Å²) in [6.45, 7) is 9.31. The van der Waals surface area contributed by atoms with Crippen molar-refractivity contribution in [2.24, 2.45) is 11.3 Å². The Morgan fingerprint density at radius 3 is 2.41 bits per heavy atom. The van der Waals surface area contributed by atoms with Crippen LogP contribution in [0.15, 0.2) is 36.4 Å². The van der Waals surface area contributed by atoms with Gasteiger partial charge in [0.25, 0.3) is 5.91 Å². The third-order valence-electron chi connectivity index (χ3n) is 6.11. The summed E-state index contributed by atoms with van der Waals surface area (Å²) in [4.78, 5) is 26.7. The molecule has 2 heterocycles. The van der Waals surface area contributed by atoms with Gasteiger partial charge in [-0.15, -0.1) is 0 Å². The molecule has 1 unspecified atom stereocenters. The number of carboxylic acids is 1. The number of benzene rings is 1. The largest absolute Gasteiger partial charge is 0.481 e. The summed E-state index contributed by atoms with van der Waals surface area (Å²) in [7, 11) is 0. The van der Waals surface area contributed by atoms with Gasteiger partial charge in [0.05, 0.1) is 11.0 Å². The number of hydrogen-bond acceptors (Lipinski definition) is 2. The first-order valence-corrected chi connectivity index (χ1v) is 9.49. The molecule has 27 heavy (non-hydrogen) atoms. The second-order valence-corrected chi connectivity index (χ2v) is 7.95. The van der Waals surface area contributed by atoms with Crippen LogP contribution in [-0.4, -0.2) is 39.5 Å². The first kappa shape index (κ1) is 19.2. The summed E-state index contributed by atoms with van der Waals surface area (Å²) in [6, 6.07) is 12.1. The zero-order valence-corrected chi connectivity index (χ0v) is 16.5. The number of rotatable bonds is 5. The van der Waals surface area contributed by atoms with Crippen LogP contribution in [0.2, 0.25) is 0 Å². The van der Waals surface area contributed by atoms with Gasteiger partial charge in [0.2, 0.25) is 0 Å². The van der Waals surface area contributed by atoms with Crippen LogP contribution in [0.4, 0.5) is 0 Å². The maximum Gasteiger partial charge on any atom is 0.311 e. The van der Waals surface area contributed by atoms with Gasteiger partial charge in [-0.3, -0.25) is 9.59 Å². The monoisotopic (exact) mass is 368 g/mol. The molecule has 1 amide bonds. The number of likely N-dealkylation sites (tertiary alicyclic amines) is 1. The van der Waals surface area contributed by atoms with E-state index in [0.717, 1.165) is 17.9 Å². The van der Waals surface area contributed by atoms with Gasteiger partial charge < -0.3 is 14.6 Å². The second kappa shape index (κ2) is 7.22. The quantitative estimate of drug-likeness (QED) is 0.875. The number of aromatic nitrogens is 1. The maximum atomic E-state index is 13.1. The Bertz CT molecular complexity index is 854. The highest BCUT2D eigenvalue weighted by Gasteiger charge is 2.48. The second-order valence-electron chi connectivity index (χ2n) is 7.95. The number of hydrogen-bond donors (Lipinski definition) is 1. The number of carbonyl (C=O) groups excluding carboxylic acids is 1. The molecule has 0 aliphatic carbocycles. The minimum Gasteiger partial charge on any atom is -0.481 e. The highest BCUT2D eigenvalue weighted by Crippen LogP contribution is 2.39. The number of aliphatic carboxylic acids is 1. The van der Waals surface area contributed by atoms with Gasteiger partial charge in [-0.25, -0.2) is 0 Å². The van der Waals surface area contributed by atoms with Gasteiger partial charge in [0.15, 0.2) is 0 Å². The fraction of sp³-hybridized carbons (Fsp3) is 0.455. The molecular formula is C22H28N2O3. The van der Waals surface area contributed by atoms with Crippen LogP contribution < -0.4 is 0 Å². The van der Waals surface area contributed by atoms with E-state index in [0.29, 0.717) is 18.5 Å². The van der Waals surface area contributed by atoms with Gasteiger partial charge in [0.1, 0.15) is 0 Å². The van der Waals surface area contributed by atoms with Crippen molar-refractivity contribution in [2.45, 2.75) is 40.7 Å². The molecule has 1 aliphatic heterocycles. The summed E-state index contributed by atoms with van der Waals surface area (Å²) in [5.41, 5.74) is 2.98. The van der Waals surface area contributed by atoms with E-state index < -0.39 is 11.4 Å². The van der Waals surface area contributed by atoms with E-state index in [4.69, 9.17) is 0 Å². The number of carboxylic acid groups (broad SMARTS) is 1. The Labute approximate surface area is 160 Å². The van der Waals surface area contributed by atoms with Gasteiger partial charge in [-0.1, -0.05) is 44.2 Å². The smallest absolute Gasteiger partial charge is 0.311 e. The van der Waals surface area contributed by atoms with Crippen molar-refractivity contribution in [2.75, 3.05) is 13.1 Å². The van der Waals surface area contributed by atoms with Crippen molar-refractivity contribution >= 4 is 11.9 Å². The first-order valence-electron chi connectivity index (χ1n) is 9.49. The van der Waals surface area contributed by atoms with Gasteiger partial charge in [-0.05, 0) is 37.8 Å². The lowest BCUT2D eigenvalue weighted by Crippen LogP contribution is -2.40. The lowest BCUT2D eigenvalue weighted by atomic mass is 9.76. The summed E-state index contributed by atoms with van der Waals surface area (Å²) in [5.74, 6) is -0.883. The summed E-state index contributed by atoms with van der Waals surface area (Å²) >= 11 is 0. The van der Waals surface area contributed by atoms with Crippen LogP contribution in [-0.2, 0) is 11.3 Å². The van der Waals surface area contributed by atoms with Crippen molar-refractivity contribution in [3.8, 4) is 0 Å². The van der Waals surface area contributed by atoms with E-state index >= 15 is 0 Å². The third-order valence-corrected chi connectivity index (χ3v) is 6.11. The Morgan fingerprint density at radius 2 is 1.85 bits per heavy atom. The van der Waals surface area contributed by atoms with Crippen molar-refractivity contribution < 1.29 is 14.7 Å². The normalized spacial score (nSPS) is 19.7. The fourth-order valence-corrected chi connectivity index (χ4v) is 4.10. The SMILES string of the molecule is Cc1cc(C(=O)N2CCC(C(=O)O)(C(C)C)C2)c(C)n1Cc1ccccc1. The van der Waals surface area contributed by atoms with Crippen LogP contribution in [0.5, 0.6) is 0 Å². The fourth-order valence-electron chi connectivity index (χ4n) is 4.10. The summed E-state index contributed by atoms with van der Waals surface area (Å²) < 4.78 is 2.14. The van der Waals surface area contributed by atoms with Gasteiger partial charge >= 0.3 is 5.97 Å². The Morgan fingerprint density at radius 1 is 1.19 bits per heavy atom. The molecule has 1 atom stereocenters. The average Bonchev–Trinajstić information content (AvgIpc) is 3.20. The average molecular weight is 368 g/mol. The van der Waals surface area contributed by atoms with Crippen molar-refractivity contribution in [3.63, 3.8) is 0 Å². The number of carbonyl (C=O) groups is 2. The highest BCUT2D eigenvalue weighted by atomic mass is 16.4. The van der Waals surface area contributed by atoms with Crippen LogP contribution in [0.25, 0.3) is 0 Å². The van der Waals surface area contributed by atoms with Crippen LogP contribution in [0.1, 0.15) is 47.6 Å². The first-order chi connectivity index (χ1) is 12.8. The Kier molecular flexibility index (Phi) is 5.13. The lowest BCUT2D eigenvalue weighted by molar-refractivity contribution is -0.150. The Hall–Kier alpha value is -2.56. The molecule has 0 spiro atoms. The van der Waals surface area contributed by atoms with Crippen molar-refractivity contribution in [3.05, 3.63) is 58.9 Å². The zero-order chi connectivity index (χ0) is 19.8. The molecule has 1 aromatic heterocycles. The predicted octanol–water partition coefficient (Wildman–Crippen LogP) is 3.73. The molecule has 5 nitrogen and oxygen atoms in total. The van der Waals surface area contributed by atoms with Gasteiger partial charge in [0, 0.05) is 31.0 Å². The third kappa shape index (κ3) is 3.38. The molecule has 1 saturated heterocycles. The van der Waals surface area contributed by atoms with Crippen LogP contribution >= 0.6 is 0 Å². The molecule has 5 heteroatoms. The molecule has 0 radical (unpaired) electrons. The standard InChI is InChI=1S/C22H28N2O3/c1-15(2)22(21(26)27)10-11-23(14-22)20(25)19-12-16(3)24(17(19)4)13-18-8-6-5-7-9-18/h5-9,12,15H,10-11,13-14H2,1-4H3,(H,26,27). The molecule has 0 bridgehead atoms. The van der Waals surface area contributed by atoms with Gasteiger partial charge in [-0.2, -0.15) is 0 Å². The van der Waals surface area contributed by atoms with E-state index in [1.54, 1.807) is 4.90 Å². The molecule has 1 fully saturated rings. The number of nitrogens with zero attached hydrogens (tertiary/aromatic N) is 2. The molecule has 1 aromatic carbocycles. The predicted molar refractivity (Wildman–Crippen MR) is 105 cm³/mol. The van der Waals surface area contributed by atoms with Crippen molar-refractivity contribution in [1.82, 2.24) is 9.47 Å². The van der Waals surface area contributed by atoms with E-state index in [-0.39, 0.29) is 18.4 Å². The molecular weight excluding hydrogens is 340 g/mol. The van der Waals surface area contributed by atoms with E-state index in [9.17, 15) is 14.7 Å². The highest BCUT2D eigenvalue weighted by molar-refractivity contribution is 5.96. The maximum absolute atomic E-state index is 13.1. The molecule has 0 saturated carbocycles. The van der Waals surface area contributed by atoms with E-state index in [1.807, 2.05) is 52.0 Å². The zero-order valence-electron chi connectivity index (χ0n) is 16.5. The van der Waals surface area contributed by atoms with Crippen LogP contribution in [0.3, 0.4) is 0 Å². The lowest BCUT2D eigenvalue weighted by Gasteiger charge is -2.28. The van der Waals surface area contributed by atoms with Crippen molar-refractivity contribution in [1.29, 1.82) is 0 Å². The molecule has 2 aromatic rings. The Balaban J connectivity index is 1.84. The minimum atomic E-state index is -0.842. The molecule has 3 rings (SSSR count). The minimum absolute atomic E-state index is 0.0155. The number of aryl methyl sites for hydroxylation is 1. The topological polar surface area (TPSA) is 62.5 Å². The number of amides is 1.